The molecule has 0 aliphatic carbocycles. The van der Waals surface area contributed by atoms with Gasteiger partial charge in [0.05, 0.1) is 0 Å². The van der Waals surface area contributed by atoms with Gasteiger partial charge in [0.25, 0.3) is 0 Å². The lowest BCUT2D eigenvalue weighted by Gasteiger charge is -2.04. The fraction of sp³-hybridized carbons (Fsp3) is 0. The van der Waals surface area contributed by atoms with Crippen LogP contribution in [-0.4, -0.2) is 0 Å². The first-order chi connectivity index (χ1) is 8.40. The highest BCUT2D eigenvalue weighted by molar-refractivity contribution is 5.32. The topological polar surface area (TPSA) is 18.5 Å². The third-order valence-corrected chi connectivity index (χ3v) is 1.54. The molecule has 0 saturated carbocycles. The predicted molar refractivity (Wildman–Crippen MR) is 48.4 cm³/mol. The molecule has 0 unspecified atom stereocenters. The second-order valence-electron chi connectivity index (χ2n) is 2.74. The molecule has 0 fully saturated rings. The molecule has 0 atom stereocenters. The lowest BCUT2D eigenvalue weighted by molar-refractivity contribution is 0.237. The highest BCUT2D eigenvalue weighted by Crippen LogP contribution is 2.24. The summed E-state index contributed by atoms with van der Waals surface area (Å²) in [5.41, 5.74) is 0. The second kappa shape index (κ2) is 5.99. The summed E-state index contributed by atoms with van der Waals surface area (Å²) < 4.78 is 79.4. The van der Waals surface area contributed by atoms with Crippen molar-refractivity contribution in [3.05, 3.63) is 48.5 Å². The fourth-order valence-electron chi connectivity index (χ4n) is 0.860. The van der Waals surface area contributed by atoms with Gasteiger partial charge in [0, 0.05) is 0 Å². The van der Waals surface area contributed by atoms with Gasteiger partial charge in [-0.05, 0) is 24.3 Å². The Morgan fingerprint density at radius 1 is 0.611 bits per heavy atom. The molecule has 2 nitrogen and oxygen atoms in total. The van der Waals surface area contributed by atoms with Gasteiger partial charge in [-0.15, -0.1) is 0 Å². The van der Waals surface area contributed by atoms with E-state index in [1.807, 2.05) is 0 Å². The summed E-state index contributed by atoms with van der Waals surface area (Å²) in [4.78, 5) is 0. The van der Waals surface area contributed by atoms with Crippen molar-refractivity contribution in [3.8, 4) is 11.5 Å². The van der Waals surface area contributed by atoms with Crippen LogP contribution in [0.3, 0.4) is 0 Å². The molecule has 0 aromatic heterocycles. The summed E-state index contributed by atoms with van der Waals surface area (Å²) in [6, 6.07) is -0.459. The van der Waals surface area contributed by atoms with E-state index >= 15 is 0 Å². The second-order valence-corrected chi connectivity index (χ2v) is 2.74. The molecule has 0 spiro atoms. The van der Waals surface area contributed by atoms with Crippen molar-refractivity contribution in [1.82, 2.24) is 0 Å². The Kier molecular flexibility index (Phi) is 4.64. The van der Waals surface area contributed by atoms with Crippen molar-refractivity contribution in [2.45, 2.75) is 0 Å². The molecule has 0 N–H and O–H groups in total. The van der Waals surface area contributed by atoms with E-state index in [1.54, 1.807) is 0 Å². The maximum Gasteiger partial charge on any atom is 0.344 e. The largest absolute Gasteiger partial charge is 0.428 e. The summed E-state index contributed by atoms with van der Waals surface area (Å²) in [7, 11) is 0. The first-order valence-corrected chi connectivity index (χ1v) is 4.27. The number of rotatable bonds is 4. The molecule has 0 aliphatic heterocycles. The van der Waals surface area contributed by atoms with E-state index in [-0.39, 0.29) is 11.5 Å². The average Bonchev–Trinajstić information content (AvgIpc) is 2.31. The number of hydrogen-bond donors (Lipinski definition) is 0. The molecule has 0 saturated heterocycles. The molecule has 98 valence electrons. The summed E-state index contributed by atoms with van der Waals surface area (Å²) in [6.45, 7) is 0. The SMILES string of the molecule is FC(F)=C(F)Oc1ccc(OC(F)=C(F)F)cc1. The molecule has 0 radical (unpaired) electrons. The predicted octanol–water partition coefficient (Wildman–Crippen LogP) is 4.51. The number of benzene rings is 1. The van der Waals surface area contributed by atoms with Gasteiger partial charge in [-0.3, -0.25) is 0 Å². The van der Waals surface area contributed by atoms with Gasteiger partial charge in [0.1, 0.15) is 11.5 Å². The van der Waals surface area contributed by atoms with Crippen LogP contribution in [0.5, 0.6) is 11.5 Å². The first kappa shape index (κ1) is 13.9. The number of hydrogen-bond acceptors (Lipinski definition) is 2. The van der Waals surface area contributed by atoms with Crippen LogP contribution in [0.15, 0.2) is 48.5 Å². The minimum atomic E-state index is -2.65. The Balaban J connectivity index is 2.75. The number of ether oxygens (including phenoxy) is 2. The van der Waals surface area contributed by atoms with Crippen LogP contribution in [-0.2, 0) is 0 Å². The van der Waals surface area contributed by atoms with E-state index in [2.05, 4.69) is 9.47 Å². The van der Waals surface area contributed by atoms with E-state index < -0.39 is 24.2 Å². The van der Waals surface area contributed by atoms with Crippen LogP contribution < -0.4 is 9.47 Å². The van der Waals surface area contributed by atoms with Gasteiger partial charge in [0.15, 0.2) is 0 Å². The van der Waals surface area contributed by atoms with Crippen molar-refractivity contribution in [2.24, 2.45) is 0 Å². The first-order valence-electron chi connectivity index (χ1n) is 4.27. The molecule has 8 heteroatoms. The molecule has 0 amide bonds. The molecule has 1 aromatic rings. The van der Waals surface area contributed by atoms with Gasteiger partial charge < -0.3 is 9.47 Å². The smallest absolute Gasteiger partial charge is 0.344 e. The lowest BCUT2D eigenvalue weighted by atomic mass is 10.3. The molecular formula is C10H4F6O2. The van der Waals surface area contributed by atoms with E-state index in [0.29, 0.717) is 0 Å². The fourth-order valence-corrected chi connectivity index (χ4v) is 0.860. The van der Waals surface area contributed by atoms with Crippen LogP contribution in [0.25, 0.3) is 0 Å². The third-order valence-electron chi connectivity index (χ3n) is 1.54. The molecule has 0 heterocycles. The quantitative estimate of drug-likeness (QED) is 0.591. The zero-order chi connectivity index (χ0) is 13.7. The van der Waals surface area contributed by atoms with Gasteiger partial charge in [-0.25, -0.2) is 0 Å². The van der Waals surface area contributed by atoms with Crippen LogP contribution in [0.1, 0.15) is 0 Å². The maximum atomic E-state index is 12.3. The Bertz CT molecular complexity index is 427. The molecule has 1 rings (SSSR count). The summed E-state index contributed by atoms with van der Waals surface area (Å²) in [5.74, 6) is -0.671. The van der Waals surface area contributed by atoms with Gasteiger partial charge in [-0.2, -0.15) is 26.3 Å². The molecule has 18 heavy (non-hydrogen) atoms. The van der Waals surface area contributed by atoms with Crippen LogP contribution in [0.4, 0.5) is 26.3 Å². The van der Waals surface area contributed by atoms with E-state index in [1.165, 1.54) is 0 Å². The highest BCUT2D eigenvalue weighted by atomic mass is 19.3. The van der Waals surface area contributed by atoms with Crippen LogP contribution >= 0.6 is 0 Å². The van der Waals surface area contributed by atoms with Crippen molar-refractivity contribution >= 4 is 0 Å². The Hall–Kier alpha value is -2.12. The Labute approximate surface area is 96.7 Å². The zero-order valence-electron chi connectivity index (χ0n) is 8.39. The van der Waals surface area contributed by atoms with E-state index in [0.717, 1.165) is 24.3 Å². The summed E-state index contributed by atoms with van der Waals surface area (Å²) in [6.07, 6.45) is -5.30. The van der Waals surface area contributed by atoms with Crippen molar-refractivity contribution in [3.63, 3.8) is 0 Å². The van der Waals surface area contributed by atoms with Crippen molar-refractivity contribution < 1.29 is 35.8 Å². The van der Waals surface area contributed by atoms with Crippen LogP contribution in [0, 0.1) is 0 Å². The summed E-state index contributed by atoms with van der Waals surface area (Å²) in [5, 5.41) is 0. The molecule has 1 aromatic carbocycles. The highest BCUT2D eigenvalue weighted by Gasteiger charge is 2.10. The normalized spacial score (nSPS) is 9.67. The maximum absolute atomic E-state index is 12.3. The number of halogens is 6. The van der Waals surface area contributed by atoms with E-state index in [4.69, 9.17) is 0 Å². The van der Waals surface area contributed by atoms with Gasteiger partial charge >= 0.3 is 24.2 Å². The lowest BCUT2D eigenvalue weighted by Crippen LogP contribution is -1.92. The molecule has 0 aliphatic rings. The monoisotopic (exact) mass is 270 g/mol. The van der Waals surface area contributed by atoms with Crippen LogP contribution in [0.2, 0.25) is 0 Å². The zero-order valence-corrected chi connectivity index (χ0v) is 8.39. The minimum absolute atomic E-state index is 0.335. The van der Waals surface area contributed by atoms with Gasteiger partial charge in [-0.1, -0.05) is 0 Å². The summed E-state index contributed by atoms with van der Waals surface area (Å²) >= 11 is 0. The molecule has 0 bridgehead atoms. The Morgan fingerprint density at radius 3 is 1.11 bits per heavy atom. The van der Waals surface area contributed by atoms with Crippen molar-refractivity contribution in [2.75, 3.05) is 0 Å². The van der Waals surface area contributed by atoms with E-state index in [9.17, 15) is 26.3 Å². The molecular weight excluding hydrogens is 266 g/mol. The average molecular weight is 270 g/mol. The van der Waals surface area contributed by atoms with Gasteiger partial charge in [0.2, 0.25) is 0 Å². The van der Waals surface area contributed by atoms with Crippen molar-refractivity contribution in [1.29, 1.82) is 0 Å². The minimum Gasteiger partial charge on any atom is -0.428 e. The third kappa shape index (κ3) is 4.04. The Morgan fingerprint density at radius 2 is 0.889 bits per heavy atom. The standard InChI is InChI=1S/C10H4F6O2/c11-7(12)9(15)17-5-1-2-6(4-3-5)18-10(16)8(13)14/h1-4H.